The van der Waals surface area contributed by atoms with E-state index in [9.17, 15) is 14.7 Å². The van der Waals surface area contributed by atoms with E-state index in [-0.39, 0.29) is 22.3 Å². The van der Waals surface area contributed by atoms with Crippen LogP contribution in [0.15, 0.2) is 36.4 Å². The lowest BCUT2D eigenvalue weighted by atomic mass is 10.1. The van der Waals surface area contributed by atoms with Crippen molar-refractivity contribution in [1.82, 2.24) is 5.32 Å². The molecule has 0 aromatic heterocycles. The Morgan fingerprint density at radius 2 is 1.79 bits per heavy atom. The molecule has 0 aliphatic carbocycles. The summed E-state index contributed by atoms with van der Waals surface area (Å²) in [5, 5.41) is 14.7. The summed E-state index contributed by atoms with van der Waals surface area (Å²) in [5.74, 6) is -1.52. The first-order chi connectivity index (χ1) is 11.3. The maximum atomic E-state index is 12.2. The quantitative estimate of drug-likeness (QED) is 0.724. The number of amides is 1. The topological polar surface area (TPSA) is 78.4 Å². The van der Waals surface area contributed by atoms with Crippen LogP contribution in [0.1, 0.15) is 31.8 Å². The second kappa shape index (κ2) is 7.42. The Morgan fingerprint density at radius 1 is 1.08 bits per heavy atom. The number of thiocarbonyl (C=S) groups is 1. The van der Waals surface area contributed by atoms with E-state index in [0.29, 0.717) is 10.6 Å². The molecule has 5 nitrogen and oxygen atoms in total. The molecular weight excluding hydrogens is 348 g/mol. The number of hydrogen-bond acceptors (Lipinski definition) is 3. The van der Waals surface area contributed by atoms with E-state index < -0.39 is 5.97 Å². The van der Waals surface area contributed by atoms with Gasteiger partial charge in [0.25, 0.3) is 5.91 Å². The number of hydrogen-bond donors (Lipinski definition) is 3. The lowest BCUT2D eigenvalue weighted by Gasteiger charge is -2.12. The molecule has 2 aromatic carbocycles. The second-order valence-corrected chi connectivity index (χ2v) is 6.05. The second-order valence-electron chi connectivity index (χ2n) is 5.20. The SMILES string of the molecule is Cc1ccc(C(=O)NC(=S)Nc2ccc(Cl)cc2C(=O)O)cc1C. The number of rotatable bonds is 3. The average Bonchev–Trinajstić information content (AvgIpc) is 2.51. The predicted molar refractivity (Wildman–Crippen MR) is 98.0 cm³/mol. The van der Waals surface area contributed by atoms with Gasteiger partial charge >= 0.3 is 5.97 Å². The van der Waals surface area contributed by atoms with Crippen LogP contribution in [0, 0.1) is 13.8 Å². The van der Waals surface area contributed by atoms with Crippen LogP contribution in [-0.2, 0) is 0 Å². The highest BCUT2D eigenvalue weighted by molar-refractivity contribution is 7.80. The third kappa shape index (κ3) is 4.31. The van der Waals surface area contributed by atoms with Gasteiger partial charge in [0, 0.05) is 10.6 Å². The number of carboxylic acids is 1. The minimum atomic E-state index is -1.15. The molecule has 7 heteroatoms. The summed E-state index contributed by atoms with van der Waals surface area (Å²) in [4.78, 5) is 23.4. The molecule has 3 N–H and O–H groups in total. The molecule has 124 valence electrons. The number of halogens is 1. The summed E-state index contributed by atoms with van der Waals surface area (Å²) in [5.41, 5.74) is 2.76. The van der Waals surface area contributed by atoms with E-state index in [0.717, 1.165) is 11.1 Å². The largest absolute Gasteiger partial charge is 0.478 e. The highest BCUT2D eigenvalue weighted by atomic mass is 35.5. The molecule has 0 fully saturated rings. The van der Waals surface area contributed by atoms with Crippen LogP contribution in [0.2, 0.25) is 5.02 Å². The monoisotopic (exact) mass is 362 g/mol. The molecule has 2 aromatic rings. The molecule has 0 bridgehead atoms. The Hall–Kier alpha value is -2.44. The van der Waals surface area contributed by atoms with E-state index in [1.54, 1.807) is 12.1 Å². The lowest BCUT2D eigenvalue weighted by Crippen LogP contribution is -2.34. The third-order valence-corrected chi connectivity index (χ3v) is 3.90. The number of nitrogens with one attached hydrogen (secondary N) is 2. The molecule has 0 unspecified atom stereocenters. The van der Waals surface area contributed by atoms with Gasteiger partial charge in [-0.15, -0.1) is 0 Å². The van der Waals surface area contributed by atoms with Gasteiger partial charge in [0.1, 0.15) is 0 Å². The fourth-order valence-electron chi connectivity index (χ4n) is 2.01. The van der Waals surface area contributed by atoms with Crippen LogP contribution in [0.5, 0.6) is 0 Å². The molecule has 24 heavy (non-hydrogen) atoms. The van der Waals surface area contributed by atoms with Gasteiger partial charge in [-0.3, -0.25) is 10.1 Å². The lowest BCUT2D eigenvalue weighted by molar-refractivity contribution is 0.0698. The zero-order valence-electron chi connectivity index (χ0n) is 13.0. The van der Waals surface area contributed by atoms with Crippen molar-refractivity contribution in [1.29, 1.82) is 0 Å². The van der Waals surface area contributed by atoms with Crippen molar-refractivity contribution in [2.75, 3.05) is 5.32 Å². The fourth-order valence-corrected chi connectivity index (χ4v) is 2.39. The van der Waals surface area contributed by atoms with Crippen LogP contribution in [0.25, 0.3) is 0 Å². The van der Waals surface area contributed by atoms with Crippen molar-refractivity contribution in [3.05, 3.63) is 63.7 Å². The van der Waals surface area contributed by atoms with Gasteiger partial charge in [0.15, 0.2) is 5.11 Å². The smallest absolute Gasteiger partial charge is 0.337 e. The zero-order chi connectivity index (χ0) is 17.9. The van der Waals surface area contributed by atoms with Gasteiger partial charge in [-0.2, -0.15) is 0 Å². The fraction of sp³-hybridized carbons (Fsp3) is 0.118. The van der Waals surface area contributed by atoms with Gasteiger partial charge in [-0.25, -0.2) is 4.79 Å². The minimum absolute atomic E-state index is 0.00282. The first-order valence-corrected chi connectivity index (χ1v) is 7.79. The Kier molecular flexibility index (Phi) is 5.54. The van der Waals surface area contributed by atoms with Gasteiger partial charge in [0.05, 0.1) is 11.3 Å². The van der Waals surface area contributed by atoms with Gasteiger partial charge in [-0.05, 0) is 67.5 Å². The van der Waals surface area contributed by atoms with Gasteiger partial charge in [-0.1, -0.05) is 17.7 Å². The van der Waals surface area contributed by atoms with Gasteiger partial charge < -0.3 is 10.4 Å². The summed E-state index contributed by atoms with van der Waals surface area (Å²) in [6.45, 7) is 3.87. The van der Waals surface area contributed by atoms with E-state index in [2.05, 4.69) is 10.6 Å². The van der Waals surface area contributed by atoms with Crippen LogP contribution in [0.4, 0.5) is 5.69 Å². The highest BCUT2D eigenvalue weighted by Crippen LogP contribution is 2.20. The molecule has 0 radical (unpaired) electrons. The molecule has 0 saturated heterocycles. The van der Waals surface area contributed by atoms with Crippen molar-refractivity contribution in [3.63, 3.8) is 0 Å². The Labute approximate surface area is 149 Å². The molecule has 0 heterocycles. The molecular formula is C17H15ClN2O3S. The molecule has 2 rings (SSSR count). The average molecular weight is 363 g/mol. The number of aromatic carboxylic acids is 1. The summed E-state index contributed by atoms with van der Waals surface area (Å²) < 4.78 is 0. The maximum absolute atomic E-state index is 12.2. The molecule has 0 aliphatic rings. The highest BCUT2D eigenvalue weighted by Gasteiger charge is 2.14. The zero-order valence-corrected chi connectivity index (χ0v) is 14.6. The molecule has 0 spiro atoms. The third-order valence-electron chi connectivity index (χ3n) is 3.46. The minimum Gasteiger partial charge on any atom is -0.478 e. The van der Waals surface area contributed by atoms with E-state index >= 15 is 0 Å². The predicted octanol–water partition coefficient (Wildman–Crippen LogP) is 3.78. The van der Waals surface area contributed by atoms with E-state index in [4.69, 9.17) is 23.8 Å². The van der Waals surface area contributed by atoms with Crippen LogP contribution >= 0.6 is 23.8 Å². The van der Waals surface area contributed by atoms with Crippen LogP contribution in [0.3, 0.4) is 0 Å². The van der Waals surface area contributed by atoms with Crippen molar-refractivity contribution in [2.24, 2.45) is 0 Å². The van der Waals surface area contributed by atoms with Gasteiger partial charge in [0.2, 0.25) is 0 Å². The first-order valence-electron chi connectivity index (χ1n) is 7.00. The molecule has 0 atom stereocenters. The van der Waals surface area contributed by atoms with E-state index in [1.807, 2.05) is 19.9 Å². The number of carbonyl (C=O) groups is 2. The van der Waals surface area contributed by atoms with Crippen molar-refractivity contribution in [2.45, 2.75) is 13.8 Å². The number of carbonyl (C=O) groups excluding carboxylic acids is 1. The maximum Gasteiger partial charge on any atom is 0.337 e. The van der Waals surface area contributed by atoms with Crippen LogP contribution in [-0.4, -0.2) is 22.1 Å². The number of benzene rings is 2. The number of anilines is 1. The van der Waals surface area contributed by atoms with Crippen LogP contribution < -0.4 is 10.6 Å². The summed E-state index contributed by atoms with van der Waals surface area (Å²) in [6.07, 6.45) is 0. The Morgan fingerprint density at radius 3 is 2.42 bits per heavy atom. The molecule has 1 amide bonds. The Bertz CT molecular complexity index is 837. The molecule has 0 aliphatic heterocycles. The normalized spacial score (nSPS) is 10.1. The van der Waals surface area contributed by atoms with E-state index in [1.165, 1.54) is 18.2 Å². The number of carboxylic acid groups (broad SMARTS) is 1. The Balaban J connectivity index is 2.12. The van der Waals surface area contributed by atoms with Crippen molar-refractivity contribution >= 4 is 46.5 Å². The van der Waals surface area contributed by atoms with Crippen molar-refractivity contribution < 1.29 is 14.7 Å². The number of aryl methyl sites for hydroxylation is 2. The summed E-state index contributed by atoms with van der Waals surface area (Å²) >= 11 is 10.9. The summed E-state index contributed by atoms with van der Waals surface area (Å²) in [6, 6.07) is 9.64. The first kappa shape index (κ1) is 17.9. The standard InChI is InChI=1S/C17H15ClN2O3S/c1-9-3-4-11(7-10(9)2)15(21)20-17(24)19-14-6-5-12(18)8-13(14)16(22)23/h3-8H,1-2H3,(H,22,23)(H2,19,20,21,24). The summed E-state index contributed by atoms with van der Waals surface area (Å²) in [7, 11) is 0. The van der Waals surface area contributed by atoms with Crippen molar-refractivity contribution in [3.8, 4) is 0 Å². The molecule has 0 saturated carbocycles.